The number of hydrogen-bond donors (Lipinski definition) is 2. The fourth-order valence-corrected chi connectivity index (χ4v) is 2.38. The second-order valence-corrected chi connectivity index (χ2v) is 5.35. The van der Waals surface area contributed by atoms with Crippen LogP contribution >= 0.6 is 15.9 Å². The number of aryl methyl sites for hydroxylation is 1. The lowest BCUT2D eigenvalue weighted by atomic mass is 10.2. The van der Waals surface area contributed by atoms with E-state index in [4.69, 9.17) is 5.73 Å². The molecule has 6 heteroatoms. The van der Waals surface area contributed by atoms with Gasteiger partial charge >= 0.3 is 0 Å². The quantitative estimate of drug-likeness (QED) is 0.835. The van der Waals surface area contributed by atoms with Crippen molar-refractivity contribution in [2.24, 2.45) is 0 Å². The van der Waals surface area contributed by atoms with Crippen molar-refractivity contribution in [2.75, 3.05) is 11.1 Å². The van der Waals surface area contributed by atoms with E-state index in [2.05, 4.69) is 21.2 Å². The number of hydrogen-bond acceptors (Lipinski definition) is 2. The molecule has 0 aliphatic carbocycles. The number of aromatic nitrogens is 1. The first-order valence-electron chi connectivity index (χ1n) is 6.23. The zero-order valence-corrected chi connectivity index (χ0v) is 12.6. The highest BCUT2D eigenvalue weighted by atomic mass is 79.9. The number of carbonyl (C=O) groups is 1. The normalized spacial score (nSPS) is 10.6. The summed E-state index contributed by atoms with van der Waals surface area (Å²) >= 11 is 3.34. The molecule has 0 saturated carbocycles. The summed E-state index contributed by atoms with van der Waals surface area (Å²) in [5.41, 5.74) is 6.54. The van der Waals surface area contributed by atoms with Crippen molar-refractivity contribution in [1.82, 2.24) is 4.57 Å². The number of halogens is 2. The number of nitrogens with two attached hydrogens (primary N) is 1. The molecular weight excluding hydrogens is 325 g/mol. The Kier molecular flexibility index (Phi) is 4.44. The smallest absolute Gasteiger partial charge is 0.272 e. The molecule has 0 saturated heterocycles. The predicted molar refractivity (Wildman–Crippen MR) is 81.2 cm³/mol. The minimum atomic E-state index is -0.514. The van der Waals surface area contributed by atoms with Crippen LogP contribution in [0.5, 0.6) is 0 Å². The lowest BCUT2D eigenvalue weighted by Crippen LogP contribution is -2.17. The summed E-state index contributed by atoms with van der Waals surface area (Å²) in [5.74, 6) is -0.881. The molecule has 0 spiro atoms. The lowest BCUT2D eigenvalue weighted by Gasteiger charge is -2.09. The molecule has 0 fully saturated rings. The number of rotatable bonds is 4. The Bertz CT molecular complexity index is 639. The Balaban J connectivity index is 2.26. The van der Waals surface area contributed by atoms with E-state index < -0.39 is 5.82 Å². The molecule has 0 unspecified atom stereocenters. The summed E-state index contributed by atoms with van der Waals surface area (Å²) in [5, 5.41) is 2.54. The Morgan fingerprint density at radius 2 is 2.20 bits per heavy atom. The molecule has 1 amide bonds. The SMILES string of the molecule is CCCn1cc(Br)cc1C(=O)Nc1cc(N)ccc1F. The number of carbonyl (C=O) groups excluding carboxylic acids is 1. The monoisotopic (exact) mass is 339 g/mol. The fraction of sp³-hybridized carbons (Fsp3) is 0.214. The van der Waals surface area contributed by atoms with E-state index in [0.717, 1.165) is 10.9 Å². The van der Waals surface area contributed by atoms with Gasteiger partial charge in [0.2, 0.25) is 0 Å². The zero-order chi connectivity index (χ0) is 14.7. The molecule has 20 heavy (non-hydrogen) atoms. The molecule has 0 aliphatic heterocycles. The highest BCUT2D eigenvalue weighted by Crippen LogP contribution is 2.20. The zero-order valence-electron chi connectivity index (χ0n) is 11.0. The maximum absolute atomic E-state index is 13.6. The van der Waals surface area contributed by atoms with Crippen molar-refractivity contribution in [3.05, 3.63) is 46.4 Å². The maximum atomic E-state index is 13.6. The maximum Gasteiger partial charge on any atom is 0.272 e. The molecule has 106 valence electrons. The minimum absolute atomic E-state index is 0.0790. The van der Waals surface area contributed by atoms with Crippen LogP contribution in [0.1, 0.15) is 23.8 Å². The third-order valence-corrected chi connectivity index (χ3v) is 3.23. The van der Waals surface area contributed by atoms with E-state index in [-0.39, 0.29) is 11.6 Å². The highest BCUT2D eigenvalue weighted by molar-refractivity contribution is 9.10. The van der Waals surface area contributed by atoms with Crippen molar-refractivity contribution < 1.29 is 9.18 Å². The molecule has 2 aromatic rings. The fourth-order valence-electron chi connectivity index (χ4n) is 1.92. The molecule has 4 nitrogen and oxygen atoms in total. The van der Waals surface area contributed by atoms with Crippen molar-refractivity contribution in [2.45, 2.75) is 19.9 Å². The average Bonchev–Trinajstić information content (AvgIpc) is 2.75. The van der Waals surface area contributed by atoms with Gasteiger partial charge in [-0.05, 0) is 46.6 Å². The summed E-state index contributed by atoms with van der Waals surface area (Å²) in [6.07, 6.45) is 2.72. The van der Waals surface area contributed by atoms with Crippen molar-refractivity contribution in [3.8, 4) is 0 Å². The Morgan fingerprint density at radius 1 is 1.45 bits per heavy atom. The molecular formula is C14H15BrFN3O. The van der Waals surface area contributed by atoms with Crippen LogP contribution in [0.15, 0.2) is 34.9 Å². The first kappa shape index (κ1) is 14.6. The van der Waals surface area contributed by atoms with E-state index in [9.17, 15) is 9.18 Å². The second kappa shape index (κ2) is 6.09. The van der Waals surface area contributed by atoms with Gasteiger partial charge in [0.25, 0.3) is 5.91 Å². The van der Waals surface area contributed by atoms with Gasteiger partial charge in [-0.3, -0.25) is 4.79 Å². The first-order valence-corrected chi connectivity index (χ1v) is 7.02. The standard InChI is InChI=1S/C14H15BrFN3O/c1-2-5-19-8-9(15)6-13(19)14(20)18-12-7-10(17)3-4-11(12)16/h3-4,6-8H,2,5,17H2,1H3,(H,18,20). The third kappa shape index (κ3) is 3.19. The van der Waals surface area contributed by atoms with Crippen molar-refractivity contribution in [3.63, 3.8) is 0 Å². The summed E-state index contributed by atoms with van der Waals surface area (Å²) in [6.45, 7) is 2.74. The molecule has 1 heterocycles. The number of nitrogens with one attached hydrogen (secondary N) is 1. The van der Waals surface area contributed by atoms with Crippen LogP contribution in [0.2, 0.25) is 0 Å². The van der Waals surface area contributed by atoms with Gasteiger partial charge in [-0.15, -0.1) is 0 Å². The number of benzene rings is 1. The van der Waals surface area contributed by atoms with E-state index in [1.807, 2.05) is 17.7 Å². The van der Waals surface area contributed by atoms with E-state index in [0.29, 0.717) is 17.9 Å². The molecule has 0 aliphatic rings. The van der Waals surface area contributed by atoms with Gasteiger partial charge < -0.3 is 15.6 Å². The molecule has 1 aromatic carbocycles. The van der Waals surface area contributed by atoms with Gasteiger partial charge in [0.05, 0.1) is 5.69 Å². The van der Waals surface area contributed by atoms with Gasteiger partial charge in [0, 0.05) is 22.9 Å². The molecule has 3 N–H and O–H groups in total. The van der Waals surface area contributed by atoms with Crippen LogP contribution < -0.4 is 11.1 Å². The van der Waals surface area contributed by atoms with Crippen molar-refractivity contribution in [1.29, 1.82) is 0 Å². The van der Waals surface area contributed by atoms with Gasteiger partial charge in [0.15, 0.2) is 0 Å². The highest BCUT2D eigenvalue weighted by Gasteiger charge is 2.14. The number of anilines is 2. The lowest BCUT2D eigenvalue weighted by molar-refractivity contribution is 0.101. The number of nitrogen functional groups attached to an aromatic ring is 1. The molecule has 1 aromatic heterocycles. The largest absolute Gasteiger partial charge is 0.399 e. The minimum Gasteiger partial charge on any atom is -0.399 e. The Hall–Kier alpha value is -1.82. The predicted octanol–water partition coefficient (Wildman–Crippen LogP) is 3.63. The summed E-state index contributed by atoms with van der Waals surface area (Å²) in [4.78, 5) is 12.2. The second-order valence-electron chi connectivity index (χ2n) is 4.43. The number of amides is 1. The van der Waals surface area contributed by atoms with Crippen LogP contribution in [-0.4, -0.2) is 10.5 Å². The summed E-state index contributed by atoms with van der Waals surface area (Å²) in [7, 11) is 0. The summed E-state index contributed by atoms with van der Waals surface area (Å²) < 4.78 is 16.2. The van der Waals surface area contributed by atoms with E-state index >= 15 is 0 Å². The van der Waals surface area contributed by atoms with E-state index in [1.165, 1.54) is 18.2 Å². The van der Waals surface area contributed by atoms with Crippen LogP contribution in [0.4, 0.5) is 15.8 Å². The average molecular weight is 340 g/mol. The Morgan fingerprint density at radius 3 is 2.90 bits per heavy atom. The Labute approximate surface area is 124 Å². The van der Waals surface area contributed by atoms with Gasteiger partial charge in [0.1, 0.15) is 11.5 Å². The van der Waals surface area contributed by atoms with Crippen molar-refractivity contribution >= 4 is 33.2 Å². The van der Waals surface area contributed by atoms with Gasteiger partial charge in [-0.25, -0.2) is 4.39 Å². The molecule has 2 rings (SSSR count). The van der Waals surface area contributed by atoms with Crippen LogP contribution in [0.25, 0.3) is 0 Å². The summed E-state index contributed by atoms with van der Waals surface area (Å²) in [6, 6.07) is 5.78. The van der Waals surface area contributed by atoms with Crippen LogP contribution in [0, 0.1) is 5.82 Å². The van der Waals surface area contributed by atoms with E-state index in [1.54, 1.807) is 6.07 Å². The molecule has 0 atom stereocenters. The third-order valence-electron chi connectivity index (χ3n) is 2.80. The molecule has 0 radical (unpaired) electrons. The molecule has 0 bridgehead atoms. The van der Waals surface area contributed by atoms with Crippen LogP contribution in [-0.2, 0) is 6.54 Å². The van der Waals surface area contributed by atoms with Crippen LogP contribution in [0.3, 0.4) is 0 Å². The van der Waals surface area contributed by atoms with Gasteiger partial charge in [-0.2, -0.15) is 0 Å². The topological polar surface area (TPSA) is 60.0 Å². The first-order chi connectivity index (χ1) is 9.51. The number of nitrogens with zero attached hydrogens (tertiary/aromatic N) is 1. The van der Waals surface area contributed by atoms with Gasteiger partial charge in [-0.1, -0.05) is 6.92 Å².